The van der Waals surface area contributed by atoms with Gasteiger partial charge in [0.15, 0.2) is 0 Å². The van der Waals surface area contributed by atoms with Crippen LogP contribution in [0.15, 0.2) is 11.1 Å². The van der Waals surface area contributed by atoms with Gasteiger partial charge < -0.3 is 4.90 Å². The number of halogens is 2. The number of carbonyl (C=O) groups excluding carboxylic acids is 1. The van der Waals surface area contributed by atoms with Crippen LogP contribution in [-0.4, -0.2) is 33.4 Å². The Morgan fingerprint density at radius 2 is 2.05 bits per heavy atom. The van der Waals surface area contributed by atoms with Crippen molar-refractivity contribution in [1.29, 1.82) is 0 Å². The van der Waals surface area contributed by atoms with Crippen molar-refractivity contribution in [3.8, 4) is 0 Å². The maximum atomic E-state index is 12.3. The van der Waals surface area contributed by atoms with E-state index in [1.165, 1.54) is 17.3 Å². The lowest BCUT2D eigenvalue weighted by atomic mass is 10.1. The topological polar surface area (TPSA) is 55.2 Å². The summed E-state index contributed by atoms with van der Waals surface area (Å²) in [5.41, 5.74) is -0.265. The molecule has 2 rings (SSSR count). The molecule has 0 spiro atoms. The largest absolute Gasteiger partial charge is 0.341 e. The van der Waals surface area contributed by atoms with Gasteiger partial charge in [-0.1, -0.05) is 11.6 Å². The van der Waals surface area contributed by atoms with E-state index in [1.54, 1.807) is 6.92 Å². The predicted octanol–water partition coefficient (Wildman–Crippen LogP) is 2.07. The zero-order chi connectivity index (χ0) is 14.0. The lowest BCUT2D eigenvalue weighted by Crippen LogP contribution is -2.42. The Morgan fingerprint density at radius 3 is 2.68 bits per heavy atom. The molecule has 1 aliphatic heterocycles. The van der Waals surface area contributed by atoms with Crippen LogP contribution in [0.25, 0.3) is 0 Å². The third-order valence-corrected chi connectivity index (χ3v) is 4.92. The molecule has 0 saturated carbocycles. The van der Waals surface area contributed by atoms with Crippen molar-refractivity contribution in [2.75, 3.05) is 13.1 Å². The maximum Gasteiger partial charge on any atom is 0.269 e. The second kappa shape index (κ2) is 6.21. The van der Waals surface area contributed by atoms with Crippen molar-refractivity contribution >= 4 is 40.1 Å². The predicted molar refractivity (Wildman–Crippen MR) is 81.4 cm³/mol. The summed E-state index contributed by atoms with van der Waals surface area (Å²) < 4.78 is 1.70. The van der Waals surface area contributed by atoms with Crippen LogP contribution >= 0.6 is 34.2 Å². The number of aromatic nitrogens is 2. The molecule has 0 aliphatic carbocycles. The van der Waals surface area contributed by atoms with Crippen molar-refractivity contribution < 1.29 is 4.79 Å². The zero-order valence-corrected chi connectivity index (χ0v) is 13.5. The van der Waals surface area contributed by atoms with E-state index in [1.807, 2.05) is 27.5 Å². The molecule has 104 valence electrons. The van der Waals surface area contributed by atoms with Gasteiger partial charge in [-0.2, -0.15) is 0 Å². The number of nitrogens with zero attached hydrogens (tertiary/aromatic N) is 3. The van der Waals surface area contributed by atoms with Crippen LogP contribution in [-0.2, 0) is 4.79 Å². The summed E-state index contributed by atoms with van der Waals surface area (Å²) in [7, 11) is 0. The molecule has 1 fully saturated rings. The molecule has 5 nitrogen and oxygen atoms in total. The molecule has 1 amide bonds. The molecule has 1 aromatic heterocycles. The van der Waals surface area contributed by atoms with Crippen LogP contribution in [0.4, 0.5) is 0 Å². The molecule has 0 bridgehead atoms. The third kappa shape index (κ3) is 3.10. The number of carbonyl (C=O) groups is 1. The Kier molecular flexibility index (Phi) is 4.83. The zero-order valence-electron chi connectivity index (χ0n) is 10.6. The molecule has 1 saturated heterocycles. The second-order valence-electron chi connectivity index (χ2n) is 4.62. The summed E-state index contributed by atoms with van der Waals surface area (Å²) in [5.74, 6) is -0.0262. The minimum atomic E-state index is -0.538. The highest BCUT2D eigenvalue weighted by molar-refractivity contribution is 14.1. The third-order valence-electron chi connectivity index (χ3n) is 3.34. The molecule has 7 heteroatoms. The lowest BCUT2D eigenvalue weighted by molar-refractivity contribution is -0.135. The molecule has 1 atom stereocenters. The highest BCUT2D eigenvalue weighted by atomic mass is 127. The monoisotopic (exact) mass is 395 g/mol. The number of hydrogen-bond donors (Lipinski definition) is 0. The van der Waals surface area contributed by atoms with Crippen molar-refractivity contribution in [3.63, 3.8) is 0 Å². The van der Waals surface area contributed by atoms with Gasteiger partial charge in [-0.15, -0.1) is 0 Å². The molecule has 2 heterocycles. The summed E-state index contributed by atoms with van der Waals surface area (Å²) in [6.45, 7) is 3.27. The van der Waals surface area contributed by atoms with Crippen molar-refractivity contribution in [2.45, 2.75) is 32.2 Å². The first kappa shape index (κ1) is 14.8. The Balaban J connectivity index is 2.24. The molecule has 19 heavy (non-hydrogen) atoms. The summed E-state index contributed by atoms with van der Waals surface area (Å²) in [5, 5.41) is 0.180. The smallest absolute Gasteiger partial charge is 0.269 e. The van der Waals surface area contributed by atoms with Gasteiger partial charge in [-0.05, 0) is 48.8 Å². The quantitative estimate of drug-likeness (QED) is 0.569. The van der Waals surface area contributed by atoms with Crippen LogP contribution < -0.4 is 5.56 Å². The van der Waals surface area contributed by atoms with Gasteiger partial charge in [0.1, 0.15) is 14.8 Å². The van der Waals surface area contributed by atoms with Gasteiger partial charge in [0.25, 0.3) is 5.56 Å². The first-order chi connectivity index (χ1) is 9.02. The molecule has 0 radical (unpaired) electrons. The molecule has 1 unspecified atom stereocenters. The first-order valence-corrected chi connectivity index (χ1v) is 7.69. The second-order valence-corrected chi connectivity index (χ2v) is 6.06. The summed E-state index contributed by atoms with van der Waals surface area (Å²) in [6.07, 6.45) is 4.57. The van der Waals surface area contributed by atoms with E-state index >= 15 is 0 Å². The van der Waals surface area contributed by atoms with Crippen LogP contribution in [0, 0.1) is 3.57 Å². The average Bonchev–Trinajstić information content (AvgIpc) is 2.44. The highest BCUT2D eigenvalue weighted by Gasteiger charge is 2.24. The SMILES string of the molecule is CC(C(=O)N1CCCCC1)n1cnc(Cl)c(I)c1=O. The van der Waals surface area contributed by atoms with E-state index in [2.05, 4.69) is 4.98 Å². The number of rotatable bonds is 2. The van der Waals surface area contributed by atoms with Crippen molar-refractivity contribution in [2.24, 2.45) is 0 Å². The van der Waals surface area contributed by atoms with Gasteiger partial charge in [0.2, 0.25) is 5.91 Å². The molecule has 1 aromatic rings. The van der Waals surface area contributed by atoms with E-state index in [0.29, 0.717) is 3.57 Å². The standard InChI is InChI=1S/C12H15ClIN3O2/c1-8(11(18)16-5-3-2-4-6-16)17-7-15-10(13)9(14)12(17)19/h7-8H,2-6H2,1H3. The van der Waals surface area contributed by atoms with Crippen LogP contribution in [0.1, 0.15) is 32.2 Å². The van der Waals surface area contributed by atoms with Crippen molar-refractivity contribution in [1.82, 2.24) is 14.5 Å². The normalized spacial score (nSPS) is 17.3. The molecular formula is C12H15ClIN3O2. The van der Waals surface area contributed by atoms with E-state index in [4.69, 9.17) is 11.6 Å². The summed E-state index contributed by atoms with van der Waals surface area (Å²) in [4.78, 5) is 30.2. The molecular weight excluding hydrogens is 381 g/mol. The summed E-state index contributed by atoms with van der Waals surface area (Å²) in [6, 6.07) is -0.538. The lowest BCUT2D eigenvalue weighted by Gasteiger charge is -2.29. The van der Waals surface area contributed by atoms with E-state index in [9.17, 15) is 9.59 Å². The van der Waals surface area contributed by atoms with Gasteiger partial charge in [-0.3, -0.25) is 14.2 Å². The summed E-state index contributed by atoms with van der Waals surface area (Å²) >= 11 is 7.64. The maximum absolute atomic E-state index is 12.3. The Bertz CT molecular complexity index is 540. The Labute approximate surface area is 130 Å². The average molecular weight is 396 g/mol. The number of likely N-dealkylation sites (tertiary alicyclic amines) is 1. The minimum absolute atomic E-state index is 0.0262. The Hall–Kier alpha value is -0.630. The highest BCUT2D eigenvalue weighted by Crippen LogP contribution is 2.16. The van der Waals surface area contributed by atoms with Gasteiger partial charge in [0.05, 0.1) is 6.33 Å². The molecule has 0 N–H and O–H groups in total. The first-order valence-electron chi connectivity index (χ1n) is 6.23. The molecule has 1 aliphatic rings. The number of amides is 1. The van der Waals surface area contributed by atoms with E-state index in [0.717, 1.165) is 25.9 Å². The van der Waals surface area contributed by atoms with Crippen LogP contribution in [0.5, 0.6) is 0 Å². The molecule has 0 aromatic carbocycles. The Morgan fingerprint density at radius 1 is 1.42 bits per heavy atom. The fourth-order valence-corrected chi connectivity index (χ4v) is 2.74. The number of hydrogen-bond acceptors (Lipinski definition) is 3. The van der Waals surface area contributed by atoms with Crippen LogP contribution in [0.3, 0.4) is 0 Å². The van der Waals surface area contributed by atoms with Crippen LogP contribution in [0.2, 0.25) is 5.15 Å². The van der Waals surface area contributed by atoms with E-state index in [-0.39, 0.29) is 16.6 Å². The van der Waals surface area contributed by atoms with Gasteiger partial charge >= 0.3 is 0 Å². The van der Waals surface area contributed by atoms with E-state index < -0.39 is 6.04 Å². The minimum Gasteiger partial charge on any atom is -0.341 e. The van der Waals surface area contributed by atoms with Gasteiger partial charge in [0, 0.05) is 13.1 Å². The van der Waals surface area contributed by atoms with Crippen molar-refractivity contribution in [3.05, 3.63) is 25.4 Å². The fraction of sp³-hybridized carbons (Fsp3) is 0.583. The number of piperidine rings is 1. The fourth-order valence-electron chi connectivity index (χ4n) is 2.20. The van der Waals surface area contributed by atoms with Gasteiger partial charge in [-0.25, -0.2) is 4.98 Å².